The Labute approximate surface area is 56.0 Å². The minimum absolute atomic E-state index is 0.244. The zero-order valence-corrected chi connectivity index (χ0v) is 5.80. The second kappa shape index (κ2) is 2.31. The summed E-state index contributed by atoms with van der Waals surface area (Å²) in [6.45, 7) is 2.11. The molecule has 0 aliphatic heterocycles. The maximum atomic E-state index is 8.61. The molecule has 9 heavy (non-hydrogen) atoms. The SMILES string of the molecule is CC1(CB(O)O)CCC1. The molecule has 0 radical (unpaired) electrons. The molecule has 1 aliphatic carbocycles. The predicted molar refractivity (Wildman–Crippen MR) is 37.0 cm³/mol. The van der Waals surface area contributed by atoms with E-state index in [1.54, 1.807) is 0 Å². The molecule has 0 bridgehead atoms. The van der Waals surface area contributed by atoms with Crippen LogP contribution in [0, 0.1) is 5.41 Å². The van der Waals surface area contributed by atoms with Crippen molar-refractivity contribution in [1.29, 1.82) is 0 Å². The van der Waals surface area contributed by atoms with Crippen molar-refractivity contribution in [3.05, 3.63) is 0 Å². The summed E-state index contributed by atoms with van der Waals surface area (Å²) in [4.78, 5) is 0. The highest BCUT2D eigenvalue weighted by molar-refractivity contribution is 6.41. The number of hydrogen-bond acceptors (Lipinski definition) is 2. The van der Waals surface area contributed by atoms with E-state index in [0.29, 0.717) is 6.32 Å². The van der Waals surface area contributed by atoms with E-state index in [9.17, 15) is 0 Å². The van der Waals surface area contributed by atoms with Crippen LogP contribution < -0.4 is 0 Å². The van der Waals surface area contributed by atoms with Gasteiger partial charge >= 0.3 is 7.12 Å². The van der Waals surface area contributed by atoms with Crippen molar-refractivity contribution in [2.45, 2.75) is 32.5 Å². The van der Waals surface area contributed by atoms with E-state index in [4.69, 9.17) is 10.0 Å². The summed E-state index contributed by atoms with van der Waals surface area (Å²) in [5, 5.41) is 17.2. The molecule has 1 saturated carbocycles. The normalized spacial score (nSPS) is 23.0. The predicted octanol–water partition coefficient (Wildman–Crippen LogP) is 0.649. The van der Waals surface area contributed by atoms with E-state index in [1.807, 2.05) is 0 Å². The van der Waals surface area contributed by atoms with E-state index in [1.165, 1.54) is 6.42 Å². The highest BCUT2D eigenvalue weighted by atomic mass is 16.4. The Hall–Kier alpha value is -0.0151. The summed E-state index contributed by atoms with van der Waals surface area (Å²) in [5.41, 5.74) is 0.244. The van der Waals surface area contributed by atoms with Gasteiger partial charge in [0.1, 0.15) is 0 Å². The van der Waals surface area contributed by atoms with Crippen LogP contribution in [-0.4, -0.2) is 17.2 Å². The van der Waals surface area contributed by atoms with Crippen molar-refractivity contribution in [3.63, 3.8) is 0 Å². The van der Waals surface area contributed by atoms with E-state index in [-0.39, 0.29) is 5.41 Å². The lowest BCUT2D eigenvalue weighted by Crippen LogP contribution is -2.31. The van der Waals surface area contributed by atoms with Gasteiger partial charge in [0, 0.05) is 0 Å². The van der Waals surface area contributed by atoms with Gasteiger partial charge in [-0.1, -0.05) is 13.3 Å². The summed E-state index contributed by atoms with van der Waals surface area (Å²) in [6.07, 6.45) is 4.12. The smallest absolute Gasteiger partial charge is 0.427 e. The first-order valence-corrected chi connectivity index (χ1v) is 3.49. The molecule has 0 amide bonds. The Morgan fingerprint density at radius 2 is 2.00 bits per heavy atom. The van der Waals surface area contributed by atoms with E-state index in [0.717, 1.165) is 12.8 Å². The van der Waals surface area contributed by atoms with Crippen LogP contribution in [0.15, 0.2) is 0 Å². The molecular formula is C6H13BO2. The Morgan fingerprint density at radius 3 is 2.11 bits per heavy atom. The largest absolute Gasteiger partial charge is 0.451 e. The molecule has 0 aromatic heterocycles. The van der Waals surface area contributed by atoms with Crippen LogP contribution >= 0.6 is 0 Å². The minimum atomic E-state index is -1.10. The zero-order chi connectivity index (χ0) is 6.91. The third-order valence-corrected chi connectivity index (χ3v) is 2.24. The minimum Gasteiger partial charge on any atom is -0.427 e. The molecule has 1 aliphatic rings. The summed E-state index contributed by atoms with van der Waals surface area (Å²) >= 11 is 0. The average molecular weight is 128 g/mol. The summed E-state index contributed by atoms with van der Waals surface area (Å²) < 4.78 is 0. The van der Waals surface area contributed by atoms with Gasteiger partial charge in [-0.15, -0.1) is 0 Å². The molecule has 0 heterocycles. The second-order valence-corrected chi connectivity index (χ2v) is 3.35. The standard InChI is InChI=1S/C6H13BO2/c1-6(3-2-4-6)5-7(8)9/h8-9H,2-5H2,1H3. The van der Waals surface area contributed by atoms with E-state index < -0.39 is 7.12 Å². The third-order valence-electron chi connectivity index (χ3n) is 2.24. The first-order valence-electron chi connectivity index (χ1n) is 3.49. The van der Waals surface area contributed by atoms with Gasteiger partial charge in [-0.25, -0.2) is 0 Å². The van der Waals surface area contributed by atoms with Crippen LogP contribution in [0.4, 0.5) is 0 Å². The molecule has 0 aromatic carbocycles. The van der Waals surface area contributed by atoms with Crippen molar-refractivity contribution < 1.29 is 10.0 Å². The fourth-order valence-electron chi connectivity index (χ4n) is 1.43. The lowest BCUT2D eigenvalue weighted by molar-refractivity contribution is 0.175. The van der Waals surface area contributed by atoms with Crippen molar-refractivity contribution in [2.75, 3.05) is 0 Å². The highest BCUT2D eigenvalue weighted by Gasteiger charge is 2.34. The molecule has 2 nitrogen and oxygen atoms in total. The van der Waals surface area contributed by atoms with Crippen LogP contribution in [0.25, 0.3) is 0 Å². The summed E-state index contributed by atoms with van der Waals surface area (Å²) in [6, 6.07) is 0. The molecule has 0 saturated heterocycles. The Morgan fingerprint density at radius 1 is 1.44 bits per heavy atom. The van der Waals surface area contributed by atoms with Crippen molar-refractivity contribution in [2.24, 2.45) is 5.41 Å². The van der Waals surface area contributed by atoms with Gasteiger partial charge in [-0.2, -0.15) is 0 Å². The molecule has 52 valence electrons. The van der Waals surface area contributed by atoms with E-state index >= 15 is 0 Å². The monoisotopic (exact) mass is 128 g/mol. The maximum Gasteiger partial charge on any atom is 0.451 e. The molecule has 0 atom stereocenters. The Bertz CT molecular complexity index is 99.2. The van der Waals surface area contributed by atoms with Gasteiger partial charge in [-0.3, -0.25) is 0 Å². The van der Waals surface area contributed by atoms with Crippen molar-refractivity contribution in [1.82, 2.24) is 0 Å². The molecule has 2 N–H and O–H groups in total. The first-order chi connectivity index (χ1) is 4.12. The Balaban J connectivity index is 2.24. The van der Waals surface area contributed by atoms with E-state index in [2.05, 4.69) is 6.92 Å². The third kappa shape index (κ3) is 1.70. The van der Waals surface area contributed by atoms with Gasteiger partial charge in [0.25, 0.3) is 0 Å². The van der Waals surface area contributed by atoms with Gasteiger partial charge in [0.2, 0.25) is 0 Å². The molecule has 3 heteroatoms. The molecule has 0 aromatic rings. The van der Waals surface area contributed by atoms with Crippen LogP contribution in [0.2, 0.25) is 6.32 Å². The summed E-state index contributed by atoms with van der Waals surface area (Å²) in [5.74, 6) is 0. The maximum absolute atomic E-state index is 8.61. The van der Waals surface area contributed by atoms with Gasteiger partial charge in [0.15, 0.2) is 0 Å². The molecular weight excluding hydrogens is 115 g/mol. The highest BCUT2D eigenvalue weighted by Crippen LogP contribution is 2.43. The van der Waals surface area contributed by atoms with Crippen molar-refractivity contribution in [3.8, 4) is 0 Å². The lowest BCUT2D eigenvalue weighted by atomic mass is 9.59. The molecule has 1 rings (SSSR count). The molecule has 1 fully saturated rings. The molecule has 0 spiro atoms. The van der Waals surface area contributed by atoms with Crippen molar-refractivity contribution >= 4 is 7.12 Å². The second-order valence-electron chi connectivity index (χ2n) is 3.35. The fraction of sp³-hybridized carbons (Fsp3) is 1.00. The Kier molecular flexibility index (Phi) is 1.82. The van der Waals surface area contributed by atoms with Crippen LogP contribution in [0.5, 0.6) is 0 Å². The average Bonchev–Trinajstić information content (AvgIpc) is 1.60. The number of rotatable bonds is 2. The quantitative estimate of drug-likeness (QED) is 0.536. The van der Waals surface area contributed by atoms with Gasteiger partial charge in [-0.05, 0) is 24.6 Å². The van der Waals surface area contributed by atoms with Crippen LogP contribution in [0.3, 0.4) is 0 Å². The fourth-order valence-corrected chi connectivity index (χ4v) is 1.43. The lowest BCUT2D eigenvalue weighted by Gasteiger charge is -2.38. The van der Waals surface area contributed by atoms with Gasteiger partial charge in [0.05, 0.1) is 0 Å². The topological polar surface area (TPSA) is 40.5 Å². The van der Waals surface area contributed by atoms with Gasteiger partial charge < -0.3 is 10.0 Å². The number of hydrogen-bond donors (Lipinski definition) is 2. The zero-order valence-electron chi connectivity index (χ0n) is 5.80. The summed E-state index contributed by atoms with van der Waals surface area (Å²) in [7, 11) is -1.10. The van der Waals surface area contributed by atoms with Crippen LogP contribution in [0.1, 0.15) is 26.2 Å². The molecule has 0 unspecified atom stereocenters. The van der Waals surface area contributed by atoms with Crippen LogP contribution in [-0.2, 0) is 0 Å². The first kappa shape index (κ1) is 7.10.